The van der Waals surface area contributed by atoms with Crippen molar-refractivity contribution < 1.29 is 4.79 Å². The quantitative estimate of drug-likeness (QED) is 0.644. The number of benzene rings is 1. The van der Waals surface area contributed by atoms with Crippen LogP contribution in [-0.4, -0.2) is 35.1 Å². The van der Waals surface area contributed by atoms with E-state index in [0.717, 1.165) is 31.5 Å². The van der Waals surface area contributed by atoms with Gasteiger partial charge in [-0.25, -0.2) is 0 Å². The zero-order valence-electron chi connectivity index (χ0n) is 15.2. The minimum atomic E-state index is 0.0296. The van der Waals surface area contributed by atoms with E-state index in [4.69, 9.17) is 12.2 Å². The number of thiocarbonyl (C=S) groups is 1. The van der Waals surface area contributed by atoms with Crippen LogP contribution in [0.2, 0.25) is 0 Å². The Morgan fingerprint density at radius 1 is 0.962 bits per heavy atom. The van der Waals surface area contributed by atoms with Gasteiger partial charge in [-0.3, -0.25) is 9.69 Å². The number of rotatable bonds is 3. The molecule has 4 rings (SSSR count). The highest BCUT2D eigenvalue weighted by Gasteiger charge is 2.36. The average molecular weight is 370 g/mol. The van der Waals surface area contributed by atoms with E-state index in [1.807, 2.05) is 11.0 Å². The first kappa shape index (κ1) is 17.5. The van der Waals surface area contributed by atoms with Crippen LogP contribution in [0, 0.1) is 0 Å². The molecule has 0 atom stereocenters. The van der Waals surface area contributed by atoms with Crippen LogP contribution in [-0.2, 0) is 4.79 Å². The van der Waals surface area contributed by atoms with Crippen molar-refractivity contribution in [1.29, 1.82) is 0 Å². The normalized spacial score (nSPS) is 23.6. The Hall–Kier alpha value is -1.88. The molecular formula is C21H27N3OS. The fraction of sp³-hybridized carbons (Fsp3) is 0.524. The van der Waals surface area contributed by atoms with Crippen LogP contribution in [0.5, 0.6) is 0 Å². The number of hydrogen-bond donors (Lipinski definition) is 1. The Balaban J connectivity index is 1.47. The molecule has 1 aromatic rings. The van der Waals surface area contributed by atoms with Gasteiger partial charge in [0, 0.05) is 24.8 Å². The SMILES string of the molecule is O=C1/C(=C/c2ccc(N3CCCCC3)cc2)NC(=S)N1C1CCCCC1. The minimum absolute atomic E-state index is 0.0296. The van der Waals surface area contributed by atoms with E-state index in [2.05, 4.69) is 34.5 Å². The second-order valence-corrected chi connectivity index (χ2v) is 7.98. The summed E-state index contributed by atoms with van der Waals surface area (Å²) in [5, 5.41) is 3.70. The van der Waals surface area contributed by atoms with Crippen LogP contribution in [0.4, 0.5) is 5.69 Å². The van der Waals surface area contributed by atoms with E-state index in [9.17, 15) is 4.79 Å². The van der Waals surface area contributed by atoms with E-state index in [1.165, 1.54) is 44.2 Å². The minimum Gasteiger partial charge on any atom is -0.372 e. The highest BCUT2D eigenvalue weighted by molar-refractivity contribution is 7.80. The Morgan fingerprint density at radius 3 is 2.31 bits per heavy atom. The first-order valence-electron chi connectivity index (χ1n) is 9.93. The number of carbonyl (C=O) groups is 1. The molecule has 1 aromatic carbocycles. The van der Waals surface area contributed by atoms with Gasteiger partial charge in [-0.05, 0) is 68.1 Å². The van der Waals surface area contributed by atoms with E-state index in [0.29, 0.717) is 10.8 Å². The lowest BCUT2D eigenvalue weighted by molar-refractivity contribution is -0.124. The third kappa shape index (κ3) is 3.63. The van der Waals surface area contributed by atoms with Crippen molar-refractivity contribution in [2.75, 3.05) is 18.0 Å². The third-order valence-electron chi connectivity index (χ3n) is 5.77. The molecule has 4 nitrogen and oxygen atoms in total. The summed E-state index contributed by atoms with van der Waals surface area (Å²) in [6, 6.07) is 8.78. The number of anilines is 1. The van der Waals surface area contributed by atoms with Gasteiger partial charge in [-0.15, -0.1) is 0 Å². The summed E-state index contributed by atoms with van der Waals surface area (Å²) in [5.74, 6) is 0.0296. The van der Waals surface area contributed by atoms with Gasteiger partial charge in [0.25, 0.3) is 5.91 Å². The molecule has 1 aliphatic carbocycles. The van der Waals surface area contributed by atoms with E-state index in [1.54, 1.807) is 0 Å². The number of nitrogens with zero attached hydrogens (tertiary/aromatic N) is 2. The fourth-order valence-corrected chi connectivity index (χ4v) is 4.66. The topological polar surface area (TPSA) is 35.6 Å². The maximum absolute atomic E-state index is 12.8. The van der Waals surface area contributed by atoms with Crippen LogP contribution >= 0.6 is 12.2 Å². The van der Waals surface area contributed by atoms with Gasteiger partial charge in [-0.2, -0.15) is 0 Å². The largest absolute Gasteiger partial charge is 0.372 e. The van der Waals surface area contributed by atoms with Crippen molar-refractivity contribution in [2.45, 2.75) is 57.4 Å². The molecule has 5 heteroatoms. The van der Waals surface area contributed by atoms with Gasteiger partial charge >= 0.3 is 0 Å². The number of carbonyl (C=O) groups excluding carboxylic acids is 1. The summed E-state index contributed by atoms with van der Waals surface area (Å²) in [7, 11) is 0. The van der Waals surface area contributed by atoms with Crippen molar-refractivity contribution in [3.8, 4) is 0 Å². The van der Waals surface area contributed by atoms with Crippen molar-refractivity contribution in [1.82, 2.24) is 10.2 Å². The molecule has 0 spiro atoms. The first-order valence-corrected chi connectivity index (χ1v) is 10.3. The predicted molar refractivity (Wildman–Crippen MR) is 110 cm³/mol. The van der Waals surface area contributed by atoms with Crippen molar-refractivity contribution >= 4 is 35.0 Å². The summed E-state index contributed by atoms with van der Waals surface area (Å²) >= 11 is 5.44. The summed E-state index contributed by atoms with van der Waals surface area (Å²) < 4.78 is 0. The molecule has 26 heavy (non-hydrogen) atoms. The van der Waals surface area contributed by atoms with Crippen LogP contribution in [0.15, 0.2) is 30.0 Å². The summed E-state index contributed by atoms with van der Waals surface area (Å²) in [4.78, 5) is 17.1. The zero-order valence-corrected chi connectivity index (χ0v) is 16.1. The molecule has 1 N–H and O–H groups in total. The van der Waals surface area contributed by atoms with Gasteiger partial charge in [0.1, 0.15) is 5.70 Å². The molecule has 2 aliphatic heterocycles. The Bertz CT molecular complexity index is 700. The number of hydrogen-bond acceptors (Lipinski definition) is 3. The maximum atomic E-state index is 12.8. The van der Waals surface area contributed by atoms with Crippen molar-refractivity contribution in [3.05, 3.63) is 35.5 Å². The highest BCUT2D eigenvalue weighted by atomic mass is 32.1. The summed E-state index contributed by atoms with van der Waals surface area (Å²) in [6.07, 6.45) is 11.6. The molecule has 0 aromatic heterocycles. The molecule has 1 saturated carbocycles. The fourth-order valence-electron chi connectivity index (χ4n) is 4.32. The Labute approximate surface area is 161 Å². The molecule has 0 radical (unpaired) electrons. The standard InChI is InChI=1S/C21H27N3OS/c25-20-19(22-21(26)24(20)18-7-3-1-4-8-18)15-16-9-11-17(12-10-16)23-13-5-2-6-14-23/h9-12,15,18H,1-8,13-14H2,(H,22,26)/b19-15-. The average Bonchev–Trinajstić information content (AvgIpc) is 2.97. The highest BCUT2D eigenvalue weighted by Crippen LogP contribution is 2.27. The van der Waals surface area contributed by atoms with E-state index in [-0.39, 0.29) is 11.9 Å². The molecule has 3 fully saturated rings. The van der Waals surface area contributed by atoms with Crippen LogP contribution in [0.25, 0.3) is 6.08 Å². The lowest BCUT2D eigenvalue weighted by Crippen LogP contribution is -2.41. The van der Waals surface area contributed by atoms with E-state index < -0.39 is 0 Å². The lowest BCUT2D eigenvalue weighted by Gasteiger charge is -2.29. The maximum Gasteiger partial charge on any atom is 0.276 e. The van der Waals surface area contributed by atoms with Gasteiger partial charge in [0.15, 0.2) is 5.11 Å². The second-order valence-electron chi connectivity index (χ2n) is 7.59. The molecule has 138 valence electrons. The molecule has 2 heterocycles. The van der Waals surface area contributed by atoms with Gasteiger partial charge in [-0.1, -0.05) is 31.4 Å². The molecule has 0 bridgehead atoms. The van der Waals surface area contributed by atoms with Gasteiger partial charge in [0.2, 0.25) is 0 Å². The second kappa shape index (κ2) is 7.78. The molecule has 1 amide bonds. The third-order valence-corrected chi connectivity index (χ3v) is 6.07. The predicted octanol–water partition coefficient (Wildman–Crippen LogP) is 4.07. The first-order chi connectivity index (χ1) is 12.7. The number of piperidine rings is 1. The molecule has 3 aliphatic rings. The van der Waals surface area contributed by atoms with Gasteiger partial charge < -0.3 is 10.2 Å². The van der Waals surface area contributed by atoms with E-state index >= 15 is 0 Å². The smallest absolute Gasteiger partial charge is 0.276 e. The molecule has 2 saturated heterocycles. The molecule has 0 unspecified atom stereocenters. The van der Waals surface area contributed by atoms with Crippen LogP contribution < -0.4 is 10.2 Å². The van der Waals surface area contributed by atoms with Crippen LogP contribution in [0.3, 0.4) is 0 Å². The number of nitrogens with one attached hydrogen (secondary N) is 1. The zero-order chi connectivity index (χ0) is 17.9. The van der Waals surface area contributed by atoms with Crippen molar-refractivity contribution in [2.24, 2.45) is 0 Å². The van der Waals surface area contributed by atoms with Crippen LogP contribution in [0.1, 0.15) is 56.9 Å². The molecular weight excluding hydrogens is 342 g/mol. The summed E-state index contributed by atoms with van der Waals surface area (Å²) in [5.41, 5.74) is 2.91. The van der Waals surface area contributed by atoms with Crippen molar-refractivity contribution in [3.63, 3.8) is 0 Å². The Morgan fingerprint density at radius 2 is 1.62 bits per heavy atom. The summed E-state index contributed by atoms with van der Waals surface area (Å²) in [6.45, 7) is 2.29. The van der Waals surface area contributed by atoms with Gasteiger partial charge in [0.05, 0.1) is 0 Å². The monoisotopic (exact) mass is 369 g/mol. The lowest BCUT2D eigenvalue weighted by atomic mass is 9.94. The number of amides is 1. The Kier molecular flexibility index (Phi) is 5.25.